The number of ether oxygens (including phenoxy) is 1. The second-order valence-electron chi connectivity index (χ2n) is 7.88. The second kappa shape index (κ2) is 7.62. The number of carbonyl (C=O) groups excluding carboxylic acids is 2. The summed E-state index contributed by atoms with van der Waals surface area (Å²) in [6.07, 6.45) is 2.69. The smallest absolute Gasteiger partial charge is 0.225 e. The van der Waals surface area contributed by atoms with Crippen LogP contribution >= 0.6 is 0 Å². The SMILES string of the molecule is COc1cc2c(cc1NC(=O)CC(C)C)C(c1cccc3[nH]ccc13)CC(=O)N2. The fourth-order valence-electron chi connectivity index (χ4n) is 4.02. The zero-order chi connectivity index (χ0) is 20.5. The largest absolute Gasteiger partial charge is 0.494 e. The van der Waals surface area contributed by atoms with Crippen molar-refractivity contribution in [1.29, 1.82) is 0 Å². The van der Waals surface area contributed by atoms with E-state index in [-0.39, 0.29) is 23.7 Å². The molecule has 4 rings (SSSR count). The highest BCUT2D eigenvalue weighted by molar-refractivity contribution is 5.99. The fourth-order valence-corrected chi connectivity index (χ4v) is 4.02. The van der Waals surface area contributed by atoms with Gasteiger partial charge in [-0.05, 0) is 35.2 Å². The average Bonchev–Trinajstić information content (AvgIpc) is 3.15. The number of nitrogens with one attached hydrogen (secondary N) is 3. The van der Waals surface area contributed by atoms with Gasteiger partial charge in [0, 0.05) is 47.6 Å². The summed E-state index contributed by atoms with van der Waals surface area (Å²) in [5.41, 5.74) is 4.44. The molecule has 0 fully saturated rings. The van der Waals surface area contributed by atoms with E-state index >= 15 is 0 Å². The van der Waals surface area contributed by atoms with Gasteiger partial charge in [-0.15, -0.1) is 0 Å². The lowest BCUT2D eigenvalue weighted by Crippen LogP contribution is -2.24. The first-order chi connectivity index (χ1) is 14.0. The van der Waals surface area contributed by atoms with Crippen LogP contribution in [0.3, 0.4) is 0 Å². The van der Waals surface area contributed by atoms with Gasteiger partial charge in [-0.25, -0.2) is 0 Å². The van der Waals surface area contributed by atoms with Gasteiger partial charge in [0.25, 0.3) is 0 Å². The Morgan fingerprint density at radius 2 is 2.07 bits per heavy atom. The summed E-state index contributed by atoms with van der Waals surface area (Å²) in [5, 5.41) is 7.02. The minimum atomic E-state index is -0.107. The molecule has 150 valence electrons. The molecule has 0 saturated carbocycles. The lowest BCUT2D eigenvalue weighted by molar-refractivity contribution is -0.117. The van der Waals surface area contributed by atoms with Gasteiger partial charge in [0.15, 0.2) is 0 Å². The molecule has 1 aromatic heterocycles. The molecule has 1 unspecified atom stereocenters. The first-order valence-electron chi connectivity index (χ1n) is 9.84. The Kier molecular flexibility index (Phi) is 5.01. The topological polar surface area (TPSA) is 83.2 Å². The van der Waals surface area contributed by atoms with Gasteiger partial charge in [-0.1, -0.05) is 26.0 Å². The van der Waals surface area contributed by atoms with Gasteiger partial charge in [-0.2, -0.15) is 0 Å². The Bertz CT molecular complexity index is 1080. The molecule has 6 heteroatoms. The summed E-state index contributed by atoms with van der Waals surface area (Å²) < 4.78 is 5.48. The molecule has 0 aliphatic carbocycles. The minimum absolute atomic E-state index is 0.0336. The maximum absolute atomic E-state index is 12.4. The average molecular weight is 391 g/mol. The summed E-state index contributed by atoms with van der Waals surface area (Å²) in [6, 6.07) is 11.8. The highest BCUT2D eigenvalue weighted by atomic mass is 16.5. The molecule has 6 nitrogen and oxygen atoms in total. The van der Waals surface area contributed by atoms with Crippen LogP contribution in [0.1, 0.15) is 43.7 Å². The van der Waals surface area contributed by atoms with E-state index in [1.54, 1.807) is 13.2 Å². The predicted octanol–water partition coefficient (Wildman–Crippen LogP) is 4.64. The van der Waals surface area contributed by atoms with Crippen LogP contribution in [0.25, 0.3) is 10.9 Å². The zero-order valence-electron chi connectivity index (χ0n) is 16.8. The Balaban J connectivity index is 1.80. The van der Waals surface area contributed by atoms with Crippen molar-refractivity contribution in [3.8, 4) is 5.75 Å². The number of H-pyrrole nitrogens is 1. The number of methoxy groups -OCH3 is 1. The number of benzene rings is 2. The highest BCUT2D eigenvalue weighted by Gasteiger charge is 2.29. The first kappa shape index (κ1) is 19.1. The number of amides is 2. The Labute approximate surface area is 169 Å². The molecule has 2 heterocycles. The van der Waals surface area contributed by atoms with Gasteiger partial charge in [0.2, 0.25) is 11.8 Å². The van der Waals surface area contributed by atoms with E-state index < -0.39 is 0 Å². The summed E-state index contributed by atoms with van der Waals surface area (Å²) in [6.45, 7) is 4.01. The quantitative estimate of drug-likeness (QED) is 0.593. The third-order valence-corrected chi connectivity index (χ3v) is 5.28. The maximum Gasteiger partial charge on any atom is 0.225 e. The third-order valence-electron chi connectivity index (χ3n) is 5.28. The number of aromatic amines is 1. The van der Waals surface area contributed by atoms with Crippen molar-refractivity contribution in [2.45, 2.75) is 32.6 Å². The summed E-state index contributed by atoms with van der Waals surface area (Å²) in [7, 11) is 1.56. The number of hydrogen-bond donors (Lipinski definition) is 3. The standard InChI is InChI=1S/C23H25N3O3/c1-13(2)9-22(27)26-20-10-17-16(11-23(28)25-19(17)12-21(20)29-3)14-5-4-6-18-15(14)7-8-24-18/h4-8,10,12-13,16,24H,9,11H2,1-3H3,(H,25,28)(H,26,27). The molecule has 0 radical (unpaired) electrons. The van der Waals surface area contributed by atoms with Crippen LogP contribution in [0, 0.1) is 5.92 Å². The lowest BCUT2D eigenvalue weighted by atomic mass is 9.83. The molecule has 3 aromatic rings. The van der Waals surface area contributed by atoms with E-state index in [2.05, 4.69) is 21.7 Å². The first-order valence-corrected chi connectivity index (χ1v) is 9.84. The minimum Gasteiger partial charge on any atom is -0.494 e. The van der Waals surface area contributed by atoms with Gasteiger partial charge in [0.1, 0.15) is 5.75 Å². The normalized spacial score (nSPS) is 15.9. The summed E-state index contributed by atoms with van der Waals surface area (Å²) in [4.78, 5) is 28.0. The van der Waals surface area contributed by atoms with Crippen LogP contribution in [0.4, 0.5) is 11.4 Å². The molecule has 1 aliphatic rings. The zero-order valence-corrected chi connectivity index (χ0v) is 16.8. The molecule has 3 N–H and O–H groups in total. The highest BCUT2D eigenvalue weighted by Crippen LogP contribution is 2.43. The fraction of sp³-hybridized carbons (Fsp3) is 0.304. The van der Waals surface area contributed by atoms with E-state index in [1.807, 2.05) is 44.3 Å². The second-order valence-corrected chi connectivity index (χ2v) is 7.88. The van der Waals surface area contributed by atoms with Crippen molar-refractivity contribution in [2.24, 2.45) is 5.92 Å². The van der Waals surface area contributed by atoms with Crippen molar-refractivity contribution < 1.29 is 14.3 Å². The van der Waals surface area contributed by atoms with Crippen molar-refractivity contribution in [2.75, 3.05) is 17.7 Å². The van der Waals surface area contributed by atoms with E-state index in [9.17, 15) is 9.59 Å². The molecule has 0 saturated heterocycles. The van der Waals surface area contributed by atoms with Crippen LogP contribution in [0.2, 0.25) is 0 Å². The molecular weight excluding hydrogens is 366 g/mol. The van der Waals surface area contributed by atoms with Gasteiger partial charge < -0.3 is 20.4 Å². The number of aromatic nitrogens is 1. The maximum atomic E-state index is 12.4. The summed E-state index contributed by atoms with van der Waals surface area (Å²) in [5.74, 6) is 0.597. The number of hydrogen-bond acceptors (Lipinski definition) is 3. The van der Waals surface area contributed by atoms with Crippen molar-refractivity contribution in [3.05, 3.63) is 53.7 Å². The predicted molar refractivity (Wildman–Crippen MR) is 114 cm³/mol. The van der Waals surface area contributed by atoms with Crippen molar-refractivity contribution >= 4 is 34.1 Å². The Morgan fingerprint density at radius 1 is 1.24 bits per heavy atom. The van der Waals surface area contributed by atoms with E-state index in [1.165, 1.54) is 0 Å². The summed E-state index contributed by atoms with van der Waals surface area (Å²) >= 11 is 0. The van der Waals surface area contributed by atoms with Crippen molar-refractivity contribution in [3.63, 3.8) is 0 Å². The number of anilines is 2. The molecule has 29 heavy (non-hydrogen) atoms. The van der Waals surface area contributed by atoms with Crippen LogP contribution in [-0.2, 0) is 9.59 Å². The molecule has 2 amide bonds. The Hall–Kier alpha value is -3.28. The number of rotatable bonds is 5. The van der Waals surface area contributed by atoms with Crippen LogP contribution < -0.4 is 15.4 Å². The van der Waals surface area contributed by atoms with Gasteiger partial charge in [-0.3, -0.25) is 9.59 Å². The molecule has 2 aromatic carbocycles. The van der Waals surface area contributed by atoms with E-state index in [0.717, 1.165) is 27.7 Å². The van der Waals surface area contributed by atoms with E-state index in [4.69, 9.17) is 4.74 Å². The number of fused-ring (bicyclic) bond motifs is 2. The van der Waals surface area contributed by atoms with Crippen LogP contribution in [0.15, 0.2) is 42.6 Å². The monoisotopic (exact) mass is 391 g/mol. The van der Waals surface area contributed by atoms with Crippen LogP contribution in [0.5, 0.6) is 5.75 Å². The third kappa shape index (κ3) is 3.70. The van der Waals surface area contributed by atoms with Gasteiger partial charge >= 0.3 is 0 Å². The number of carbonyl (C=O) groups is 2. The molecule has 0 bridgehead atoms. The Morgan fingerprint density at radius 3 is 2.83 bits per heavy atom. The van der Waals surface area contributed by atoms with E-state index in [0.29, 0.717) is 24.3 Å². The lowest BCUT2D eigenvalue weighted by Gasteiger charge is -2.28. The molecular formula is C23H25N3O3. The molecule has 0 spiro atoms. The molecule has 1 aliphatic heterocycles. The van der Waals surface area contributed by atoms with Crippen LogP contribution in [-0.4, -0.2) is 23.9 Å². The van der Waals surface area contributed by atoms with Gasteiger partial charge in [0.05, 0.1) is 12.8 Å². The molecule has 1 atom stereocenters. The van der Waals surface area contributed by atoms with Crippen molar-refractivity contribution in [1.82, 2.24) is 4.98 Å².